The summed E-state index contributed by atoms with van der Waals surface area (Å²) in [7, 11) is 0. The third-order valence-electron chi connectivity index (χ3n) is 4.22. The average molecular weight is 272 g/mol. The van der Waals surface area contributed by atoms with Crippen LogP contribution in [0.25, 0.3) is 10.9 Å². The minimum absolute atomic E-state index is 0.504. The molecule has 1 unspecified atom stereocenters. The van der Waals surface area contributed by atoms with Gasteiger partial charge in [-0.3, -0.25) is 0 Å². The normalized spacial score (nSPS) is 18.9. The van der Waals surface area contributed by atoms with Crippen LogP contribution >= 0.6 is 0 Å². The number of rotatable bonds is 6. The first-order chi connectivity index (χ1) is 9.86. The molecule has 3 nitrogen and oxygen atoms in total. The first-order valence-corrected chi connectivity index (χ1v) is 7.76. The molecule has 0 aliphatic carbocycles. The molecule has 20 heavy (non-hydrogen) atoms. The summed E-state index contributed by atoms with van der Waals surface area (Å²) in [5.41, 5.74) is 8.32. The van der Waals surface area contributed by atoms with Gasteiger partial charge in [-0.2, -0.15) is 0 Å². The van der Waals surface area contributed by atoms with Crippen LogP contribution in [0.2, 0.25) is 0 Å². The molecule has 1 aromatic heterocycles. The maximum atomic E-state index is 5.69. The van der Waals surface area contributed by atoms with Gasteiger partial charge in [-0.05, 0) is 61.7 Å². The SMILES string of the molecule is NCCc1ccc2ccn(CCCC3CCCO3)c2c1. The van der Waals surface area contributed by atoms with Crippen molar-refractivity contribution < 1.29 is 4.74 Å². The Morgan fingerprint density at radius 1 is 1.30 bits per heavy atom. The van der Waals surface area contributed by atoms with E-state index in [1.165, 1.54) is 42.1 Å². The Labute approximate surface area is 120 Å². The molecule has 1 atom stereocenters. The van der Waals surface area contributed by atoms with Crippen LogP contribution < -0.4 is 5.73 Å². The molecule has 1 aliphatic heterocycles. The molecule has 0 spiro atoms. The van der Waals surface area contributed by atoms with Crippen molar-refractivity contribution in [3.63, 3.8) is 0 Å². The summed E-state index contributed by atoms with van der Waals surface area (Å²) < 4.78 is 8.05. The molecule has 3 heteroatoms. The Kier molecular flexibility index (Phi) is 4.38. The number of aromatic nitrogens is 1. The molecule has 0 radical (unpaired) electrons. The Morgan fingerprint density at radius 2 is 2.25 bits per heavy atom. The number of aryl methyl sites for hydroxylation is 1. The second-order valence-corrected chi connectivity index (χ2v) is 5.72. The second-order valence-electron chi connectivity index (χ2n) is 5.72. The molecular weight excluding hydrogens is 248 g/mol. The Balaban J connectivity index is 1.65. The molecule has 1 aliphatic rings. The van der Waals surface area contributed by atoms with Crippen molar-refractivity contribution in [3.8, 4) is 0 Å². The van der Waals surface area contributed by atoms with Crippen molar-refractivity contribution in [1.29, 1.82) is 0 Å². The zero-order valence-electron chi connectivity index (χ0n) is 12.1. The fourth-order valence-electron chi connectivity index (χ4n) is 3.11. The van der Waals surface area contributed by atoms with Gasteiger partial charge >= 0.3 is 0 Å². The molecular formula is C17H24N2O. The smallest absolute Gasteiger partial charge is 0.0576 e. The number of ether oxygens (including phenoxy) is 1. The predicted molar refractivity (Wildman–Crippen MR) is 82.9 cm³/mol. The molecule has 1 fully saturated rings. The van der Waals surface area contributed by atoms with Crippen molar-refractivity contribution in [3.05, 3.63) is 36.0 Å². The average Bonchev–Trinajstić information content (AvgIpc) is 3.09. The molecule has 1 aromatic carbocycles. The summed E-state index contributed by atoms with van der Waals surface area (Å²) >= 11 is 0. The maximum Gasteiger partial charge on any atom is 0.0576 e. The zero-order valence-corrected chi connectivity index (χ0v) is 12.1. The van der Waals surface area contributed by atoms with Crippen LogP contribution in [0.5, 0.6) is 0 Å². The van der Waals surface area contributed by atoms with Crippen molar-refractivity contribution in [2.45, 2.75) is 44.8 Å². The summed E-state index contributed by atoms with van der Waals surface area (Å²) in [5.74, 6) is 0. The lowest BCUT2D eigenvalue weighted by atomic mass is 10.1. The largest absolute Gasteiger partial charge is 0.378 e. The number of hydrogen-bond donors (Lipinski definition) is 1. The third-order valence-corrected chi connectivity index (χ3v) is 4.22. The van der Waals surface area contributed by atoms with Gasteiger partial charge in [0, 0.05) is 24.9 Å². The number of nitrogens with two attached hydrogens (primary N) is 1. The zero-order chi connectivity index (χ0) is 13.8. The highest BCUT2D eigenvalue weighted by Gasteiger charge is 2.14. The molecule has 0 amide bonds. The molecule has 1 saturated heterocycles. The monoisotopic (exact) mass is 272 g/mol. The predicted octanol–water partition coefficient (Wildman–Crippen LogP) is 3.10. The first-order valence-electron chi connectivity index (χ1n) is 7.76. The quantitative estimate of drug-likeness (QED) is 0.877. The lowest BCUT2D eigenvalue weighted by Gasteiger charge is -2.10. The van der Waals surface area contributed by atoms with Crippen molar-refractivity contribution in [2.24, 2.45) is 5.73 Å². The van der Waals surface area contributed by atoms with E-state index < -0.39 is 0 Å². The van der Waals surface area contributed by atoms with Crippen molar-refractivity contribution in [2.75, 3.05) is 13.2 Å². The summed E-state index contributed by atoms with van der Waals surface area (Å²) in [6.07, 6.45) is 8.51. The highest BCUT2D eigenvalue weighted by Crippen LogP contribution is 2.21. The standard InChI is InChI=1S/C17H24N2O/c18-9-7-14-5-6-15-8-11-19(17(15)13-14)10-1-3-16-4-2-12-20-16/h5-6,8,11,13,16H,1-4,7,9-10,12,18H2. The minimum Gasteiger partial charge on any atom is -0.378 e. The molecule has 2 N–H and O–H groups in total. The van der Waals surface area contributed by atoms with E-state index in [-0.39, 0.29) is 0 Å². The first kappa shape index (κ1) is 13.7. The molecule has 0 bridgehead atoms. The van der Waals surface area contributed by atoms with Gasteiger partial charge in [0.25, 0.3) is 0 Å². The van der Waals surface area contributed by atoms with Crippen LogP contribution in [0, 0.1) is 0 Å². The van der Waals surface area contributed by atoms with Crippen LogP contribution in [0.1, 0.15) is 31.2 Å². The minimum atomic E-state index is 0.504. The van der Waals surface area contributed by atoms with Crippen LogP contribution in [0.3, 0.4) is 0 Å². The van der Waals surface area contributed by atoms with E-state index in [2.05, 4.69) is 35.0 Å². The molecule has 3 rings (SSSR count). The van der Waals surface area contributed by atoms with E-state index in [0.29, 0.717) is 12.6 Å². The molecule has 108 valence electrons. The van der Waals surface area contributed by atoms with Crippen molar-refractivity contribution in [1.82, 2.24) is 4.57 Å². The van der Waals surface area contributed by atoms with Crippen LogP contribution in [-0.4, -0.2) is 23.8 Å². The fourth-order valence-corrected chi connectivity index (χ4v) is 3.11. The summed E-state index contributed by atoms with van der Waals surface area (Å²) in [6, 6.07) is 8.88. The Hall–Kier alpha value is -1.32. The maximum absolute atomic E-state index is 5.69. The van der Waals surface area contributed by atoms with E-state index in [9.17, 15) is 0 Å². The Bertz CT molecular complexity index is 555. The molecule has 2 aromatic rings. The van der Waals surface area contributed by atoms with Gasteiger partial charge in [-0.15, -0.1) is 0 Å². The third kappa shape index (κ3) is 3.05. The number of benzene rings is 1. The Morgan fingerprint density at radius 3 is 3.05 bits per heavy atom. The van der Waals surface area contributed by atoms with Gasteiger partial charge in [0.15, 0.2) is 0 Å². The van der Waals surface area contributed by atoms with E-state index in [4.69, 9.17) is 10.5 Å². The molecule has 0 saturated carbocycles. The number of hydrogen-bond acceptors (Lipinski definition) is 2. The van der Waals surface area contributed by atoms with Gasteiger partial charge in [0.2, 0.25) is 0 Å². The van der Waals surface area contributed by atoms with Crippen LogP contribution in [-0.2, 0) is 17.7 Å². The van der Waals surface area contributed by atoms with Crippen LogP contribution in [0.15, 0.2) is 30.5 Å². The van der Waals surface area contributed by atoms with Crippen molar-refractivity contribution >= 4 is 10.9 Å². The van der Waals surface area contributed by atoms with Gasteiger partial charge in [-0.1, -0.05) is 12.1 Å². The summed E-state index contributed by atoms with van der Waals surface area (Å²) in [5, 5.41) is 1.32. The molecule has 2 heterocycles. The van der Waals surface area contributed by atoms with Gasteiger partial charge in [0.1, 0.15) is 0 Å². The van der Waals surface area contributed by atoms with E-state index in [0.717, 1.165) is 19.6 Å². The fraction of sp³-hybridized carbons (Fsp3) is 0.529. The lowest BCUT2D eigenvalue weighted by Crippen LogP contribution is -2.07. The van der Waals surface area contributed by atoms with Gasteiger partial charge < -0.3 is 15.0 Å². The van der Waals surface area contributed by atoms with Gasteiger partial charge in [-0.25, -0.2) is 0 Å². The second kappa shape index (κ2) is 6.42. The van der Waals surface area contributed by atoms with E-state index in [1.54, 1.807) is 0 Å². The highest BCUT2D eigenvalue weighted by atomic mass is 16.5. The number of fused-ring (bicyclic) bond motifs is 1. The van der Waals surface area contributed by atoms with Gasteiger partial charge in [0.05, 0.1) is 6.10 Å². The summed E-state index contributed by atoms with van der Waals surface area (Å²) in [6.45, 7) is 2.75. The summed E-state index contributed by atoms with van der Waals surface area (Å²) in [4.78, 5) is 0. The number of nitrogens with zero attached hydrogens (tertiary/aromatic N) is 1. The van der Waals surface area contributed by atoms with E-state index in [1.807, 2.05) is 0 Å². The van der Waals surface area contributed by atoms with E-state index >= 15 is 0 Å². The topological polar surface area (TPSA) is 40.2 Å². The highest BCUT2D eigenvalue weighted by molar-refractivity contribution is 5.80. The lowest BCUT2D eigenvalue weighted by molar-refractivity contribution is 0.101. The van der Waals surface area contributed by atoms with Crippen LogP contribution in [0.4, 0.5) is 0 Å².